The predicted molar refractivity (Wildman–Crippen MR) is 117 cm³/mol. The Labute approximate surface area is 172 Å². The van der Waals surface area contributed by atoms with Crippen molar-refractivity contribution in [1.82, 2.24) is 0 Å². The van der Waals surface area contributed by atoms with Crippen LogP contribution >= 0.6 is 0 Å². The van der Waals surface area contributed by atoms with Crippen LogP contribution in [0.5, 0.6) is 0 Å². The Bertz CT molecular complexity index is 901. The lowest BCUT2D eigenvalue weighted by molar-refractivity contribution is 0.136. The fraction of sp³-hybridized carbons (Fsp3) is 0.423. The summed E-state index contributed by atoms with van der Waals surface area (Å²) in [5.74, 6) is -2.83. The summed E-state index contributed by atoms with van der Waals surface area (Å²) in [7, 11) is 0. The van der Waals surface area contributed by atoms with E-state index in [9.17, 15) is 8.78 Å². The van der Waals surface area contributed by atoms with Gasteiger partial charge in [0.25, 0.3) is 0 Å². The Morgan fingerprint density at radius 1 is 1.03 bits per heavy atom. The third-order valence-corrected chi connectivity index (χ3v) is 6.47. The molecule has 1 nitrogen and oxygen atoms in total. The van der Waals surface area contributed by atoms with Crippen LogP contribution in [0.1, 0.15) is 62.5 Å². The van der Waals surface area contributed by atoms with Gasteiger partial charge in [-0.3, -0.25) is 4.99 Å². The zero-order valence-corrected chi connectivity index (χ0v) is 17.0. The van der Waals surface area contributed by atoms with E-state index in [0.717, 1.165) is 50.6 Å². The molecule has 0 radical (unpaired) electrons. The van der Waals surface area contributed by atoms with E-state index in [4.69, 9.17) is 0 Å². The Hall–Kier alpha value is -2.29. The van der Waals surface area contributed by atoms with Gasteiger partial charge in [-0.25, -0.2) is 0 Å². The van der Waals surface area contributed by atoms with Gasteiger partial charge in [-0.2, -0.15) is 8.78 Å². The maximum Gasteiger partial charge on any atom is 0.307 e. The Morgan fingerprint density at radius 3 is 2.76 bits per heavy atom. The molecule has 0 aromatic heterocycles. The summed E-state index contributed by atoms with van der Waals surface area (Å²) in [6, 6.07) is 8.84. The quantitative estimate of drug-likeness (QED) is 0.473. The van der Waals surface area contributed by atoms with Gasteiger partial charge in [-0.05, 0) is 86.6 Å². The van der Waals surface area contributed by atoms with Crippen LogP contribution in [0.25, 0.3) is 5.57 Å². The number of nitrogens with zero attached hydrogens (tertiary/aromatic N) is 1. The fourth-order valence-corrected chi connectivity index (χ4v) is 4.91. The number of halogens is 2. The van der Waals surface area contributed by atoms with Gasteiger partial charge in [0.05, 0.1) is 0 Å². The van der Waals surface area contributed by atoms with Crippen LogP contribution in [-0.4, -0.2) is 11.6 Å². The van der Waals surface area contributed by atoms with E-state index < -0.39 is 5.92 Å². The molecule has 0 N–H and O–H groups in total. The summed E-state index contributed by atoms with van der Waals surface area (Å²) in [5.41, 5.74) is 6.71. The largest absolute Gasteiger partial charge is 0.307 e. The van der Waals surface area contributed by atoms with E-state index in [-0.39, 0.29) is 11.6 Å². The van der Waals surface area contributed by atoms with Crippen LogP contribution in [0.2, 0.25) is 0 Å². The van der Waals surface area contributed by atoms with Crippen molar-refractivity contribution < 1.29 is 8.78 Å². The number of aliphatic imine (C=N–C) groups is 1. The Kier molecular flexibility index (Phi) is 5.94. The van der Waals surface area contributed by atoms with Crippen molar-refractivity contribution in [2.75, 3.05) is 0 Å². The molecule has 2 aliphatic carbocycles. The van der Waals surface area contributed by atoms with E-state index >= 15 is 0 Å². The molecule has 152 valence electrons. The summed E-state index contributed by atoms with van der Waals surface area (Å²) in [5, 5.41) is 0. The molecule has 1 aliphatic heterocycles. The number of rotatable bonds is 3. The molecule has 0 spiro atoms. The molecule has 0 bridgehead atoms. The molecule has 0 fully saturated rings. The van der Waals surface area contributed by atoms with Crippen molar-refractivity contribution in [2.45, 2.75) is 63.7 Å². The van der Waals surface area contributed by atoms with E-state index in [1.807, 2.05) is 6.08 Å². The average molecular weight is 394 g/mol. The summed E-state index contributed by atoms with van der Waals surface area (Å²) >= 11 is 0. The maximum absolute atomic E-state index is 14.2. The van der Waals surface area contributed by atoms with Crippen LogP contribution in [0.15, 0.2) is 71.4 Å². The van der Waals surface area contributed by atoms with Gasteiger partial charge in [0.1, 0.15) is 5.71 Å². The molecule has 4 rings (SSSR count). The van der Waals surface area contributed by atoms with E-state index in [1.165, 1.54) is 23.6 Å². The van der Waals surface area contributed by atoms with Crippen molar-refractivity contribution in [3.8, 4) is 0 Å². The molecular weight excluding hydrogens is 364 g/mol. The second-order valence-corrected chi connectivity index (χ2v) is 8.31. The fourth-order valence-electron chi connectivity index (χ4n) is 4.91. The molecule has 3 heteroatoms. The zero-order chi connectivity index (χ0) is 20.3. The van der Waals surface area contributed by atoms with Crippen molar-refractivity contribution in [1.29, 1.82) is 0 Å². The van der Waals surface area contributed by atoms with Gasteiger partial charge in [0, 0.05) is 11.6 Å². The minimum Gasteiger partial charge on any atom is -0.251 e. The summed E-state index contributed by atoms with van der Waals surface area (Å²) in [4.78, 5) is 4.43. The number of fused-ring (bicyclic) bond motifs is 2. The topological polar surface area (TPSA) is 12.4 Å². The number of aryl methyl sites for hydroxylation is 1. The van der Waals surface area contributed by atoms with Crippen molar-refractivity contribution in [3.63, 3.8) is 0 Å². The molecule has 1 aromatic carbocycles. The highest BCUT2D eigenvalue weighted by molar-refractivity contribution is 6.02. The minimum absolute atomic E-state index is 0.179. The van der Waals surface area contributed by atoms with Gasteiger partial charge in [0.2, 0.25) is 0 Å². The first-order valence-corrected chi connectivity index (χ1v) is 10.8. The Morgan fingerprint density at radius 2 is 1.90 bits per heavy atom. The highest BCUT2D eigenvalue weighted by atomic mass is 19.3. The first-order chi connectivity index (χ1) is 14.1. The standard InChI is InChI=1S/C26H29F2N/c1-2-26(27,28)25-16-6-5-15-24(29-25)21-12-8-14-23-20(17-18-21)11-7-10-19-9-3-4-13-22(19)23/h2-4,6,9,13,15-16,21H,1,5,7-8,10-12,14,17-18H2. The molecule has 0 saturated heterocycles. The number of allylic oxidation sites excluding steroid dienone is 7. The van der Waals surface area contributed by atoms with Crippen molar-refractivity contribution >= 4 is 11.3 Å². The van der Waals surface area contributed by atoms with Crippen LogP contribution < -0.4 is 0 Å². The van der Waals surface area contributed by atoms with E-state index in [1.54, 1.807) is 17.2 Å². The third-order valence-electron chi connectivity index (χ3n) is 6.47. The number of hydrogen-bond acceptors (Lipinski definition) is 1. The summed E-state index contributed by atoms with van der Waals surface area (Å²) in [6.45, 7) is 3.29. The highest BCUT2D eigenvalue weighted by Gasteiger charge is 2.32. The second kappa shape index (κ2) is 8.61. The predicted octanol–water partition coefficient (Wildman–Crippen LogP) is 7.46. The monoisotopic (exact) mass is 393 g/mol. The molecule has 0 amide bonds. The highest BCUT2D eigenvalue weighted by Crippen LogP contribution is 2.40. The smallest absolute Gasteiger partial charge is 0.251 e. The second-order valence-electron chi connectivity index (χ2n) is 8.31. The lowest BCUT2D eigenvalue weighted by Gasteiger charge is -2.25. The van der Waals surface area contributed by atoms with E-state index in [2.05, 4.69) is 35.8 Å². The number of hydrogen-bond donors (Lipinski definition) is 0. The van der Waals surface area contributed by atoms with Gasteiger partial charge in [-0.1, -0.05) is 48.6 Å². The first kappa shape index (κ1) is 20.0. The molecular formula is C26H29F2N. The normalized spacial score (nSPS) is 22.9. The van der Waals surface area contributed by atoms with Crippen molar-refractivity contribution in [2.24, 2.45) is 10.9 Å². The van der Waals surface area contributed by atoms with Gasteiger partial charge >= 0.3 is 5.92 Å². The van der Waals surface area contributed by atoms with Crippen LogP contribution in [-0.2, 0) is 6.42 Å². The third kappa shape index (κ3) is 4.34. The first-order valence-electron chi connectivity index (χ1n) is 10.8. The molecule has 0 saturated carbocycles. The molecule has 3 aliphatic rings. The van der Waals surface area contributed by atoms with Crippen LogP contribution in [0, 0.1) is 5.92 Å². The zero-order valence-electron chi connectivity index (χ0n) is 17.0. The van der Waals surface area contributed by atoms with E-state index in [0.29, 0.717) is 12.5 Å². The summed E-state index contributed by atoms with van der Waals surface area (Å²) < 4.78 is 28.4. The summed E-state index contributed by atoms with van der Waals surface area (Å²) in [6.07, 6.45) is 15.3. The molecule has 1 unspecified atom stereocenters. The van der Waals surface area contributed by atoms with Crippen LogP contribution in [0.4, 0.5) is 8.78 Å². The maximum atomic E-state index is 14.2. The van der Waals surface area contributed by atoms with Gasteiger partial charge in [-0.15, -0.1) is 0 Å². The molecule has 29 heavy (non-hydrogen) atoms. The average Bonchev–Trinajstić information content (AvgIpc) is 3.06. The lowest BCUT2D eigenvalue weighted by Crippen LogP contribution is -2.24. The van der Waals surface area contributed by atoms with Gasteiger partial charge in [0.15, 0.2) is 0 Å². The van der Waals surface area contributed by atoms with Gasteiger partial charge < -0.3 is 0 Å². The molecule has 1 atom stereocenters. The Balaban J connectivity index is 1.58. The molecule has 1 heterocycles. The van der Waals surface area contributed by atoms with Crippen LogP contribution in [0.3, 0.4) is 0 Å². The SMILES string of the molecule is C=CC(F)(F)C1=NC(C2CCCC3=C(CCCc4ccccc43)CC2)=CCC=C1. The number of alkyl halides is 2. The van der Waals surface area contributed by atoms with Crippen molar-refractivity contribution in [3.05, 3.63) is 77.5 Å². The number of benzene rings is 1. The lowest BCUT2D eigenvalue weighted by atomic mass is 9.82. The minimum atomic E-state index is -3.08. The molecule has 1 aromatic rings.